The molecular formula is C16H10ClN5. The third-order valence-corrected chi connectivity index (χ3v) is 3.07. The van der Waals surface area contributed by atoms with Crippen LogP contribution in [0.4, 0.5) is 11.5 Å². The van der Waals surface area contributed by atoms with Crippen LogP contribution in [0.5, 0.6) is 0 Å². The number of aromatic nitrogens is 3. The van der Waals surface area contributed by atoms with Crippen LogP contribution >= 0.6 is 11.6 Å². The number of nitriles is 1. The van der Waals surface area contributed by atoms with Crippen molar-refractivity contribution in [1.29, 1.82) is 5.26 Å². The number of hydrogen-bond donors (Lipinski definition) is 1. The molecule has 6 heteroatoms. The first kappa shape index (κ1) is 14.0. The van der Waals surface area contributed by atoms with Crippen molar-refractivity contribution in [2.45, 2.75) is 0 Å². The van der Waals surface area contributed by atoms with Gasteiger partial charge in [0.1, 0.15) is 11.0 Å². The van der Waals surface area contributed by atoms with E-state index in [4.69, 9.17) is 16.9 Å². The molecule has 0 unspecified atom stereocenters. The maximum absolute atomic E-state index is 8.93. The first-order chi connectivity index (χ1) is 10.7. The molecule has 5 nitrogen and oxygen atoms in total. The maximum atomic E-state index is 8.93. The summed E-state index contributed by atoms with van der Waals surface area (Å²) in [6.45, 7) is 0. The van der Waals surface area contributed by atoms with Crippen molar-refractivity contribution in [1.82, 2.24) is 15.0 Å². The average molecular weight is 308 g/mol. The van der Waals surface area contributed by atoms with Crippen molar-refractivity contribution in [3.63, 3.8) is 0 Å². The Hall–Kier alpha value is -2.97. The van der Waals surface area contributed by atoms with Gasteiger partial charge in [-0.3, -0.25) is 4.98 Å². The lowest BCUT2D eigenvalue weighted by molar-refractivity contribution is 1.16. The van der Waals surface area contributed by atoms with E-state index in [0.29, 0.717) is 22.4 Å². The molecule has 0 aliphatic rings. The quantitative estimate of drug-likeness (QED) is 0.745. The zero-order chi connectivity index (χ0) is 15.4. The van der Waals surface area contributed by atoms with Gasteiger partial charge in [0.15, 0.2) is 5.82 Å². The van der Waals surface area contributed by atoms with Crippen LogP contribution in [0, 0.1) is 11.3 Å². The molecule has 106 valence electrons. The van der Waals surface area contributed by atoms with Crippen LogP contribution in [0.15, 0.2) is 54.9 Å². The Labute approximate surface area is 132 Å². The van der Waals surface area contributed by atoms with Crippen LogP contribution in [0.3, 0.4) is 0 Å². The highest BCUT2D eigenvalue weighted by Crippen LogP contribution is 2.22. The Morgan fingerprint density at radius 2 is 2.00 bits per heavy atom. The van der Waals surface area contributed by atoms with E-state index < -0.39 is 0 Å². The molecule has 22 heavy (non-hydrogen) atoms. The van der Waals surface area contributed by atoms with Gasteiger partial charge in [0.2, 0.25) is 0 Å². The summed E-state index contributed by atoms with van der Waals surface area (Å²) < 4.78 is 0. The van der Waals surface area contributed by atoms with Crippen molar-refractivity contribution in [3.05, 3.63) is 65.6 Å². The summed E-state index contributed by atoms with van der Waals surface area (Å²) in [5.74, 6) is 1.04. The fourth-order valence-corrected chi connectivity index (χ4v) is 2.10. The second kappa shape index (κ2) is 6.20. The van der Waals surface area contributed by atoms with Gasteiger partial charge >= 0.3 is 0 Å². The normalized spacial score (nSPS) is 10.0. The van der Waals surface area contributed by atoms with Crippen LogP contribution in [0.2, 0.25) is 5.15 Å². The third kappa shape index (κ3) is 3.19. The molecule has 3 rings (SSSR count). The van der Waals surface area contributed by atoms with E-state index in [0.717, 1.165) is 11.3 Å². The average Bonchev–Trinajstić information content (AvgIpc) is 2.55. The monoisotopic (exact) mass is 307 g/mol. The summed E-state index contributed by atoms with van der Waals surface area (Å²) >= 11 is 6.06. The summed E-state index contributed by atoms with van der Waals surface area (Å²) in [5.41, 5.74) is 2.10. The summed E-state index contributed by atoms with van der Waals surface area (Å²) in [7, 11) is 0. The summed E-state index contributed by atoms with van der Waals surface area (Å²) in [4.78, 5) is 12.7. The highest BCUT2D eigenvalue weighted by Gasteiger charge is 2.06. The molecule has 0 amide bonds. The Morgan fingerprint density at radius 1 is 1.09 bits per heavy atom. The highest BCUT2D eigenvalue weighted by molar-refractivity contribution is 6.29. The molecule has 0 spiro atoms. The van der Waals surface area contributed by atoms with E-state index in [1.54, 1.807) is 36.7 Å². The second-order valence-electron chi connectivity index (χ2n) is 4.46. The zero-order valence-corrected chi connectivity index (χ0v) is 12.1. The molecular weight excluding hydrogens is 298 g/mol. The van der Waals surface area contributed by atoms with Crippen LogP contribution < -0.4 is 5.32 Å². The fourth-order valence-electron chi connectivity index (χ4n) is 1.92. The van der Waals surface area contributed by atoms with Crippen molar-refractivity contribution in [2.24, 2.45) is 0 Å². The van der Waals surface area contributed by atoms with Gasteiger partial charge in [-0.05, 0) is 30.3 Å². The number of benzene rings is 1. The van der Waals surface area contributed by atoms with E-state index >= 15 is 0 Å². The molecule has 0 saturated carbocycles. The molecule has 3 aromatic rings. The Balaban J connectivity index is 1.94. The smallest absolute Gasteiger partial charge is 0.164 e. The number of hydrogen-bond acceptors (Lipinski definition) is 5. The number of pyridine rings is 1. The fraction of sp³-hybridized carbons (Fsp3) is 0. The van der Waals surface area contributed by atoms with Gasteiger partial charge in [-0.25, -0.2) is 9.97 Å². The van der Waals surface area contributed by atoms with E-state index in [1.165, 1.54) is 0 Å². The molecule has 0 aliphatic heterocycles. The molecule has 0 radical (unpaired) electrons. The molecule has 0 aliphatic carbocycles. The van der Waals surface area contributed by atoms with Crippen molar-refractivity contribution in [3.8, 4) is 17.5 Å². The van der Waals surface area contributed by atoms with Gasteiger partial charge in [0.25, 0.3) is 0 Å². The lowest BCUT2D eigenvalue weighted by Gasteiger charge is -2.08. The van der Waals surface area contributed by atoms with Gasteiger partial charge in [0, 0.05) is 29.7 Å². The topological polar surface area (TPSA) is 74.5 Å². The van der Waals surface area contributed by atoms with Crippen LogP contribution in [0.1, 0.15) is 5.56 Å². The largest absolute Gasteiger partial charge is 0.340 e. The number of anilines is 2. The zero-order valence-electron chi connectivity index (χ0n) is 11.4. The molecule has 1 aromatic carbocycles. The van der Waals surface area contributed by atoms with E-state index in [-0.39, 0.29) is 0 Å². The highest BCUT2D eigenvalue weighted by atomic mass is 35.5. The predicted octanol–water partition coefficient (Wildman–Crippen LogP) is 3.81. The number of rotatable bonds is 3. The summed E-state index contributed by atoms with van der Waals surface area (Å²) in [6.07, 6.45) is 3.35. The van der Waals surface area contributed by atoms with Gasteiger partial charge < -0.3 is 5.32 Å². The number of halogens is 1. The number of nitrogens with zero attached hydrogens (tertiary/aromatic N) is 4. The molecule has 1 N–H and O–H groups in total. The lowest BCUT2D eigenvalue weighted by Crippen LogP contribution is -1.98. The molecule has 2 heterocycles. The first-order valence-corrected chi connectivity index (χ1v) is 6.84. The SMILES string of the molecule is N#Cc1cccc(Nc2cc(Cl)nc(-c3cccnc3)n2)c1. The second-order valence-corrected chi connectivity index (χ2v) is 4.85. The molecule has 2 aromatic heterocycles. The van der Waals surface area contributed by atoms with E-state index in [2.05, 4.69) is 26.3 Å². The van der Waals surface area contributed by atoms with E-state index in [1.807, 2.05) is 18.2 Å². The minimum Gasteiger partial charge on any atom is -0.340 e. The van der Waals surface area contributed by atoms with Crippen LogP contribution in [-0.2, 0) is 0 Å². The lowest BCUT2D eigenvalue weighted by atomic mass is 10.2. The molecule has 0 bridgehead atoms. The van der Waals surface area contributed by atoms with Crippen molar-refractivity contribution in [2.75, 3.05) is 5.32 Å². The van der Waals surface area contributed by atoms with Gasteiger partial charge in [-0.1, -0.05) is 17.7 Å². The molecule has 0 fully saturated rings. The minimum atomic E-state index is 0.327. The molecule has 0 saturated heterocycles. The molecule has 0 atom stereocenters. The predicted molar refractivity (Wildman–Crippen MR) is 84.7 cm³/mol. The van der Waals surface area contributed by atoms with Gasteiger partial charge in [-0.2, -0.15) is 5.26 Å². The van der Waals surface area contributed by atoms with Gasteiger partial charge in [0.05, 0.1) is 11.6 Å². The van der Waals surface area contributed by atoms with Crippen LogP contribution in [-0.4, -0.2) is 15.0 Å². The summed E-state index contributed by atoms with van der Waals surface area (Å²) in [5, 5.41) is 12.4. The van der Waals surface area contributed by atoms with Crippen LogP contribution in [0.25, 0.3) is 11.4 Å². The standard InChI is InChI=1S/C16H10ClN5/c17-14-8-15(20-13-5-1-3-11(7-13)9-18)22-16(21-14)12-4-2-6-19-10-12/h1-8,10H,(H,20,21,22). The first-order valence-electron chi connectivity index (χ1n) is 6.47. The number of nitrogens with one attached hydrogen (secondary N) is 1. The Morgan fingerprint density at radius 3 is 2.77 bits per heavy atom. The van der Waals surface area contributed by atoms with Gasteiger partial charge in [-0.15, -0.1) is 0 Å². The summed E-state index contributed by atoms with van der Waals surface area (Å²) in [6, 6.07) is 14.5. The van der Waals surface area contributed by atoms with E-state index in [9.17, 15) is 0 Å². The van der Waals surface area contributed by atoms with Crippen molar-refractivity contribution < 1.29 is 0 Å². The Bertz CT molecular complexity index is 843. The minimum absolute atomic E-state index is 0.327. The van der Waals surface area contributed by atoms with Crippen molar-refractivity contribution >= 4 is 23.1 Å². The maximum Gasteiger partial charge on any atom is 0.164 e. The Kier molecular flexibility index (Phi) is 3.95. The third-order valence-electron chi connectivity index (χ3n) is 2.88.